The minimum Gasteiger partial charge on any atom is -0.312 e. The largest absolute Gasteiger partial charge is 0.312 e. The van der Waals surface area contributed by atoms with E-state index in [2.05, 4.69) is 26.7 Å². The van der Waals surface area contributed by atoms with Crippen molar-refractivity contribution in [2.45, 2.75) is 26.8 Å². The normalized spacial score (nSPS) is 10.7. The van der Waals surface area contributed by atoms with Crippen molar-refractivity contribution < 1.29 is 0 Å². The van der Waals surface area contributed by atoms with Gasteiger partial charge in [0.2, 0.25) is 0 Å². The zero-order chi connectivity index (χ0) is 12.1. The van der Waals surface area contributed by atoms with Crippen LogP contribution in [0.4, 0.5) is 0 Å². The molecule has 2 rings (SSSR count). The van der Waals surface area contributed by atoms with Gasteiger partial charge >= 0.3 is 0 Å². The molecule has 0 saturated carbocycles. The predicted octanol–water partition coefficient (Wildman–Crippen LogP) is 2.49. The first-order valence-electron chi connectivity index (χ1n) is 5.77. The summed E-state index contributed by atoms with van der Waals surface area (Å²) in [6.07, 6.45) is 2.92. The van der Waals surface area contributed by atoms with Gasteiger partial charge in [-0.15, -0.1) is 11.3 Å². The number of rotatable bonds is 5. The van der Waals surface area contributed by atoms with Crippen molar-refractivity contribution in [2.24, 2.45) is 0 Å². The van der Waals surface area contributed by atoms with Gasteiger partial charge in [-0.2, -0.15) is 0 Å². The Morgan fingerprint density at radius 3 is 2.82 bits per heavy atom. The van der Waals surface area contributed by atoms with Crippen LogP contribution in [0.2, 0.25) is 0 Å². The third-order valence-electron chi connectivity index (χ3n) is 2.53. The zero-order valence-corrected chi connectivity index (χ0v) is 11.0. The summed E-state index contributed by atoms with van der Waals surface area (Å²) < 4.78 is 0. The molecular formula is C13H17N3S. The quantitative estimate of drug-likeness (QED) is 0.825. The van der Waals surface area contributed by atoms with Gasteiger partial charge in [0, 0.05) is 36.8 Å². The van der Waals surface area contributed by atoms with Gasteiger partial charge in [-0.1, -0.05) is 6.07 Å². The molecule has 2 aromatic rings. The molecule has 0 aliphatic heterocycles. The van der Waals surface area contributed by atoms with E-state index >= 15 is 0 Å². The Morgan fingerprint density at radius 2 is 2.18 bits per heavy atom. The summed E-state index contributed by atoms with van der Waals surface area (Å²) in [7, 11) is 0. The van der Waals surface area contributed by atoms with Crippen molar-refractivity contribution in [3.63, 3.8) is 0 Å². The molecule has 4 heteroatoms. The highest BCUT2D eigenvalue weighted by Gasteiger charge is 1.98. The molecule has 0 fully saturated rings. The van der Waals surface area contributed by atoms with Gasteiger partial charge in [0.05, 0.1) is 10.7 Å². The van der Waals surface area contributed by atoms with Gasteiger partial charge in [0.25, 0.3) is 0 Å². The number of aryl methyl sites for hydroxylation is 2. The first-order valence-corrected chi connectivity index (χ1v) is 6.65. The first-order chi connectivity index (χ1) is 8.24. The third-order valence-corrected chi connectivity index (χ3v) is 3.35. The summed E-state index contributed by atoms with van der Waals surface area (Å²) in [5, 5.41) is 6.67. The highest BCUT2D eigenvalue weighted by Crippen LogP contribution is 2.07. The van der Waals surface area contributed by atoms with E-state index in [0.717, 1.165) is 30.2 Å². The van der Waals surface area contributed by atoms with Crippen LogP contribution in [0.5, 0.6) is 0 Å². The maximum atomic E-state index is 4.43. The monoisotopic (exact) mass is 247 g/mol. The van der Waals surface area contributed by atoms with Crippen LogP contribution < -0.4 is 5.32 Å². The van der Waals surface area contributed by atoms with Crippen molar-refractivity contribution in [3.8, 4) is 0 Å². The second kappa shape index (κ2) is 5.89. The van der Waals surface area contributed by atoms with E-state index in [-0.39, 0.29) is 0 Å². The number of pyridine rings is 1. The molecule has 0 aromatic carbocycles. The average Bonchev–Trinajstić information content (AvgIpc) is 2.73. The number of hydrogen-bond donors (Lipinski definition) is 1. The maximum Gasteiger partial charge on any atom is 0.0897 e. The molecule has 90 valence electrons. The van der Waals surface area contributed by atoms with Crippen LogP contribution >= 0.6 is 11.3 Å². The molecule has 17 heavy (non-hydrogen) atoms. The fourth-order valence-corrected chi connectivity index (χ4v) is 2.22. The van der Waals surface area contributed by atoms with Crippen molar-refractivity contribution in [1.29, 1.82) is 0 Å². The van der Waals surface area contributed by atoms with Gasteiger partial charge in [0.15, 0.2) is 0 Å². The minimum atomic E-state index is 0.871. The number of thiazole rings is 1. The Kier molecular flexibility index (Phi) is 4.23. The van der Waals surface area contributed by atoms with E-state index in [1.807, 2.05) is 26.1 Å². The van der Waals surface area contributed by atoms with Gasteiger partial charge < -0.3 is 5.32 Å². The van der Waals surface area contributed by atoms with Crippen molar-refractivity contribution in [3.05, 3.63) is 45.7 Å². The van der Waals surface area contributed by atoms with Crippen LogP contribution in [-0.2, 0) is 13.0 Å². The smallest absolute Gasteiger partial charge is 0.0897 e. The summed E-state index contributed by atoms with van der Waals surface area (Å²) in [6, 6.07) is 4.16. The lowest BCUT2D eigenvalue weighted by Gasteiger charge is -2.03. The SMILES string of the molecule is Cc1ccc(CNCCc2csc(C)n2)cn1. The van der Waals surface area contributed by atoms with Gasteiger partial charge in [-0.25, -0.2) is 4.98 Å². The highest BCUT2D eigenvalue weighted by molar-refractivity contribution is 7.09. The minimum absolute atomic E-state index is 0.871. The van der Waals surface area contributed by atoms with Crippen LogP contribution in [0.3, 0.4) is 0 Å². The lowest BCUT2D eigenvalue weighted by atomic mass is 10.2. The Balaban J connectivity index is 1.71. The number of nitrogens with one attached hydrogen (secondary N) is 1. The number of hydrogen-bond acceptors (Lipinski definition) is 4. The Bertz CT molecular complexity index is 462. The molecule has 0 unspecified atom stereocenters. The molecular weight excluding hydrogens is 230 g/mol. The molecule has 3 nitrogen and oxygen atoms in total. The molecule has 2 heterocycles. The summed E-state index contributed by atoms with van der Waals surface area (Å²) in [5.74, 6) is 0. The lowest BCUT2D eigenvalue weighted by Crippen LogP contribution is -2.16. The fourth-order valence-electron chi connectivity index (χ4n) is 1.58. The van der Waals surface area contributed by atoms with E-state index in [4.69, 9.17) is 0 Å². The first kappa shape index (κ1) is 12.2. The molecule has 0 spiro atoms. The molecule has 0 saturated heterocycles. The molecule has 0 amide bonds. The summed E-state index contributed by atoms with van der Waals surface area (Å²) in [6.45, 7) is 5.87. The Hall–Kier alpha value is -1.26. The number of aromatic nitrogens is 2. The standard InChI is InChI=1S/C13H17N3S/c1-10-3-4-12(8-15-10)7-14-6-5-13-9-17-11(2)16-13/h3-4,8-9,14H,5-7H2,1-2H3. The third kappa shape index (κ3) is 3.91. The second-order valence-electron chi connectivity index (χ2n) is 4.09. The van der Waals surface area contributed by atoms with Crippen molar-refractivity contribution >= 4 is 11.3 Å². The summed E-state index contributed by atoms with van der Waals surface area (Å²) in [5.41, 5.74) is 3.47. The Labute approximate surface area is 106 Å². The molecule has 0 atom stereocenters. The number of nitrogens with zero attached hydrogens (tertiary/aromatic N) is 2. The van der Waals surface area contributed by atoms with Crippen LogP contribution in [-0.4, -0.2) is 16.5 Å². The van der Waals surface area contributed by atoms with Crippen LogP contribution in [0, 0.1) is 13.8 Å². The average molecular weight is 247 g/mol. The van der Waals surface area contributed by atoms with E-state index in [0.29, 0.717) is 0 Å². The zero-order valence-electron chi connectivity index (χ0n) is 10.2. The van der Waals surface area contributed by atoms with Gasteiger partial charge in [0.1, 0.15) is 0 Å². The van der Waals surface area contributed by atoms with Gasteiger partial charge in [-0.3, -0.25) is 4.98 Å². The highest BCUT2D eigenvalue weighted by atomic mass is 32.1. The molecule has 0 bridgehead atoms. The summed E-state index contributed by atoms with van der Waals surface area (Å²) >= 11 is 1.71. The second-order valence-corrected chi connectivity index (χ2v) is 5.15. The van der Waals surface area contributed by atoms with Crippen LogP contribution in [0.25, 0.3) is 0 Å². The summed E-state index contributed by atoms with van der Waals surface area (Å²) in [4.78, 5) is 8.70. The van der Waals surface area contributed by atoms with Gasteiger partial charge in [-0.05, 0) is 25.5 Å². The van der Waals surface area contributed by atoms with E-state index in [1.165, 1.54) is 11.3 Å². The molecule has 1 N–H and O–H groups in total. The van der Waals surface area contributed by atoms with Crippen molar-refractivity contribution in [2.75, 3.05) is 6.54 Å². The molecule has 0 aliphatic carbocycles. The fraction of sp³-hybridized carbons (Fsp3) is 0.385. The Morgan fingerprint density at radius 1 is 1.29 bits per heavy atom. The molecule has 0 aliphatic rings. The van der Waals surface area contributed by atoms with Crippen LogP contribution in [0.1, 0.15) is 22.0 Å². The lowest BCUT2D eigenvalue weighted by molar-refractivity contribution is 0.679. The molecule has 2 aromatic heterocycles. The van der Waals surface area contributed by atoms with E-state index < -0.39 is 0 Å². The molecule has 0 radical (unpaired) electrons. The van der Waals surface area contributed by atoms with E-state index in [9.17, 15) is 0 Å². The van der Waals surface area contributed by atoms with Crippen molar-refractivity contribution in [1.82, 2.24) is 15.3 Å². The van der Waals surface area contributed by atoms with Crippen LogP contribution in [0.15, 0.2) is 23.7 Å². The maximum absolute atomic E-state index is 4.43. The van der Waals surface area contributed by atoms with E-state index in [1.54, 1.807) is 11.3 Å². The topological polar surface area (TPSA) is 37.8 Å². The predicted molar refractivity (Wildman–Crippen MR) is 71.2 cm³/mol.